The van der Waals surface area contributed by atoms with Crippen LogP contribution < -0.4 is 23.9 Å². The van der Waals surface area contributed by atoms with Crippen LogP contribution >= 0.6 is 11.6 Å². The van der Waals surface area contributed by atoms with Gasteiger partial charge in [-0.2, -0.15) is 0 Å². The highest BCUT2D eigenvalue weighted by Gasteiger charge is 2.62. The van der Waals surface area contributed by atoms with Gasteiger partial charge in [-0.05, 0) is 69.6 Å². The van der Waals surface area contributed by atoms with E-state index in [1.807, 2.05) is 5.01 Å². The maximum atomic E-state index is 15.2. The van der Waals surface area contributed by atoms with Gasteiger partial charge >= 0.3 is 0 Å². The minimum atomic E-state index is -4.69. The van der Waals surface area contributed by atoms with Crippen molar-refractivity contribution in [1.82, 2.24) is 25.2 Å². The van der Waals surface area contributed by atoms with E-state index in [9.17, 15) is 8.42 Å². The summed E-state index contributed by atoms with van der Waals surface area (Å²) in [6.07, 6.45) is 2.76. The summed E-state index contributed by atoms with van der Waals surface area (Å²) >= 11 is 6.56. The van der Waals surface area contributed by atoms with Crippen molar-refractivity contribution in [3.63, 3.8) is 0 Å². The number of methoxy groups -OCH3 is 2. The largest absolute Gasteiger partial charge is 0.497 e. The van der Waals surface area contributed by atoms with Crippen molar-refractivity contribution in [3.05, 3.63) is 70.9 Å². The molecule has 13 nitrogen and oxygen atoms in total. The Bertz CT molecular complexity index is 1880. The summed E-state index contributed by atoms with van der Waals surface area (Å²) in [5.74, 6) is -1.43. The summed E-state index contributed by atoms with van der Waals surface area (Å²) in [4.78, 5) is 39.4. The number of ether oxygens (including phenoxy) is 3. The van der Waals surface area contributed by atoms with Crippen LogP contribution in [0.4, 0.5) is 5.69 Å². The third-order valence-electron chi connectivity index (χ3n) is 9.93. The summed E-state index contributed by atoms with van der Waals surface area (Å²) in [5.41, 5.74) is 0.914. The van der Waals surface area contributed by atoms with Gasteiger partial charge in [0.1, 0.15) is 16.4 Å². The third-order valence-corrected chi connectivity index (χ3v) is 11.9. The number of nitrogens with zero attached hydrogens (tertiary/aromatic N) is 5. The number of sulfonamides is 1. The van der Waals surface area contributed by atoms with Crippen LogP contribution in [0, 0.1) is 0 Å². The Hall–Kier alpha value is -3.95. The quantitative estimate of drug-likeness (QED) is 0.289. The van der Waals surface area contributed by atoms with E-state index in [-0.39, 0.29) is 44.5 Å². The molecule has 2 amide bonds. The van der Waals surface area contributed by atoms with Crippen LogP contribution in [0.25, 0.3) is 0 Å². The van der Waals surface area contributed by atoms with Gasteiger partial charge in [-0.1, -0.05) is 24.6 Å². The van der Waals surface area contributed by atoms with E-state index in [4.69, 9.17) is 25.8 Å². The fourth-order valence-corrected chi connectivity index (χ4v) is 9.08. The fourth-order valence-electron chi connectivity index (χ4n) is 7.30. The molecule has 1 unspecified atom stereocenters. The van der Waals surface area contributed by atoms with E-state index >= 15 is 9.59 Å². The highest BCUT2D eigenvalue weighted by molar-refractivity contribution is 7.93. The number of hydrogen-bond donors (Lipinski definition) is 1. The normalized spacial score (nSPS) is 20.8. The van der Waals surface area contributed by atoms with Gasteiger partial charge in [0.05, 0.1) is 26.0 Å². The molecule has 2 aromatic carbocycles. The number of pyridine rings is 1. The molecule has 1 aromatic heterocycles. The van der Waals surface area contributed by atoms with Gasteiger partial charge in [0, 0.05) is 73.7 Å². The molecule has 1 N–H and O–H groups in total. The molecule has 1 atom stereocenters. The Morgan fingerprint density at radius 2 is 1.73 bits per heavy atom. The molecular formula is C36H45ClN6O7S. The first kappa shape index (κ1) is 36.8. The zero-order valence-corrected chi connectivity index (χ0v) is 31.2. The molecule has 3 aliphatic heterocycles. The maximum absolute atomic E-state index is 15.2. The minimum absolute atomic E-state index is 0.0214. The number of likely N-dealkylation sites (N-methyl/N-ethyl adjacent to an activating group) is 1. The third kappa shape index (κ3) is 6.75. The van der Waals surface area contributed by atoms with E-state index in [0.29, 0.717) is 29.2 Å². The van der Waals surface area contributed by atoms with E-state index in [1.165, 1.54) is 56.8 Å². The van der Waals surface area contributed by atoms with Crippen LogP contribution in [0.3, 0.4) is 0 Å². The Labute approximate surface area is 304 Å². The molecule has 0 aliphatic carbocycles. The average Bonchev–Trinajstić information content (AvgIpc) is 3.39. The number of fused-ring (bicyclic) bond motifs is 1. The number of anilines is 1. The van der Waals surface area contributed by atoms with Crippen molar-refractivity contribution >= 4 is 39.1 Å². The van der Waals surface area contributed by atoms with E-state index in [2.05, 4.69) is 27.1 Å². The first-order valence-corrected chi connectivity index (χ1v) is 19.0. The molecule has 15 heteroatoms. The number of aromatic nitrogens is 1. The molecule has 0 spiro atoms. The first-order valence-electron chi connectivity index (χ1n) is 17.2. The molecule has 3 aliphatic rings. The van der Waals surface area contributed by atoms with Crippen molar-refractivity contribution in [2.45, 2.75) is 56.1 Å². The molecule has 51 heavy (non-hydrogen) atoms. The monoisotopic (exact) mass is 740 g/mol. The van der Waals surface area contributed by atoms with Crippen LogP contribution in [-0.4, -0.2) is 112 Å². The van der Waals surface area contributed by atoms with Gasteiger partial charge < -0.3 is 19.1 Å². The SMILES string of the molecule is CCN1CCN(C2CCN(NC(=O)C3(c4cccnc4OC(C)C)C(=O)N(S(=O)(=O)c4ccc(OC)cc4OC)c4ccc(Cl)cc43)CC2)CC1. The topological polar surface area (TPSA) is 134 Å². The van der Waals surface area contributed by atoms with Crippen LogP contribution in [0.15, 0.2) is 59.6 Å². The van der Waals surface area contributed by atoms with E-state index < -0.39 is 27.3 Å². The molecule has 4 heterocycles. The van der Waals surface area contributed by atoms with Gasteiger partial charge in [0.15, 0.2) is 5.41 Å². The lowest BCUT2D eigenvalue weighted by molar-refractivity contribution is -0.137. The lowest BCUT2D eigenvalue weighted by Gasteiger charge is -2.43. The molecule has 6 rings (SSSR count). The number of hydrazine groups is 1. The van der Waals surface area contributed by atoms with E-state index in [0.717, 1.165) is 45.6 Å². The van der Waals surface area contributed by atoms with Crippen LogP contribution in [-0.2, 0) is 25.0 Å². The van der Waals surface area contributed by atoms with Crippen LogP contribution in [0.5, 0.6) is 17.4 Å². The van der Waals surface area contributed by atoms with Gasteiger partial charge in [-0.3, -0.25) is 19.9 Å². The average molecular weight is 741 g/mol. The van der Waals surface area contributed by atoms with Crippen LogP contribution in [0.1, 0.15) is 44.7 Å². The second kappa shape index (κ2) is 15.0. The minimum Gasteiger partial charge on any atom is -0.497 e. The second-order valence-corrected chi connectivity index (χ2v) is 15.3. The second-order valence-electron chi connectivity index (χ2n) is 13.2. The Morgan fingerprint density at radius 3 is 2.37 bits per heavy atom. The summed E-state index contributed by atoms with van der Waals surface area (Å²) in [6, 6.07) is 12.1. The Morgan fingerprint density at radius 1 is 1.00 bits per heavy atom. The maximum Gasteiger partial charge on any atom is 0.274 e. The zero-order chi connectivity index (χ0) is 36.5. The predicted molar refractivity (Wildman–Crippen MR) is 193 cm³/mol. The summed E-state index contributed by atoms with van der Waals surface area (Å²) in [5, 5.41) is 2.02. The van der Waals surface area contributed by atoms with Gasteiger partial charge in [-0.15, -0.1) is 0 Å². The standard InChI is InChI=1S/C36H45ClN6O7S/c1-6-40-18-20-41(21-19-40)26-13-16-42(17-14-26)39-34(44)36(28-8-7-15-38-33(28)50-24(2)3)29-22-25(37)9-11-30(29)43(35(36)45)51(46,47)32-12-10-27(48-4)23-31(32)49-5/h7-12,15,22-24,26H,6,13-14,16-21H2,1-5H3,(H,39,44). The van der Waals surface area contributed by atoms with Crippen molar-refractivity contribution < 1.29 is 32.2 Å². The number of amides is 2. The number of benzene rings is 2. The number of carbonyl (C=O) groups is 2. The van der Waals surface area contributed by atoms with Gasteiger partial charge in [-0.25, -0.2) is 22.7 Å². The Balaban J connectivity index is 1.42. The van der Waals surface area contributed by atoms with Crippen molar-refractivity contribution in [2.75, 3.05) is 64.3 Å². The highest BCUT2D eigenvalue weighted by atomic mass is 35.5. The molecule has 2 fully saturated rings. The molecule has 274 valence electrons. The molecule has 0 radical (unpaired) electrons. The fraction of sp³-hybridized carbons (Fsp3) is 0.472. The number of nitrogens with one attached hydrogen (secondary N) is 1. The number of halogens is 1. The molecule has 3 aromatic rings. The van der Waals surface area contributed by atoms with Crippen molar-refractivity contribution in [1.29, 1.82) is 0 Å². The summed E-state index contributed by atoms with van der Waals surface area (Å²) < 4.78 is 46.8. The number of piperazine rings is 1. The van der Waals surface area contributed by atoms with Gasteiger partial charge in [0.2, 0.25) is 5.88 Å². The number of carbonyl (C=O) groups excluding carboxylic acids is 2. The molecule has 0 saturated carbocycles. The van der Waals surface area contributed by atoms with E-state index in [1.54, 1.807) is 26.0 Å². The van der Waals surface area contributed by atoms with Crippen molar-refractivity contribution in [2.24, 2.45) is 0 Å². The predicted octanol–water partition coefficient (Wildman–Crippen LogP) is 3.69. The molecular weight excluding hydrogens is 696 g/mol. The van der Waals surface area contributed by atoms with Gasteiger partial charge in [0.25, 0.3) is 21.8 Å². The lowest BCUT2D eigenvalue weighted by atomic mass is 9.74. The number of piperidine rings is 1. The Kier molecular flexibility index (Phi) is 10.8. The van der Waals surface area contributed by atoms with Crippen LogP contribution in [0.2, 0.25) is 5.02 Å². The summed E-state index contributed by atoms with van der Waals surface area (Å²) in [6.45, 7) is 12.0. The smallest absolute Gasteiger partial charge is 0.274 e. The lowest BCUT2D eigenvalue weighted by Crippen LogP contribution is -2.60. The number of rotatable bonds is 11. The first-order chi connectivity index (χ1) is 24.4. The summed E-state index contributed by atoms with van der Waals surface area (Å²) in [7, 11) is -1.92. The highest BCUT2D eigenvalue weighted by Crippen LogP contribution is 2.52. The zero-order valence-electron chi connectivity index (χ0n) is 29.6. The molecule has 0 bridgehead atoms. The molecule has 2 saturated heterocycles. The number of hydrogen-bond acceptors (Lipinski definition) is 11. The van der Waals surface area contributed by atoms with Crippen molar-refractivity contribution in [3.8, 4) is 17.4 Å².